The number of halogens is 1. The molecular weight excluding hydrogens is 338 g/mol. The van der Waals surface area contributed by atoms with Gasteiger partial charge in [-0.1, -0.05) is 17.7 Å². The fourth-order valence-corrected chi connectivity index (χ4v) is 3.64. The summed E-state index contributed by atoms with van der Waals surface area (Å²) in [6, 6.07) is 5.74. The summed E-state index contributed by atoms with van der Waals surface area (Å²) in [6.45, 7) is 4.50. The molecule has 0 spiro atoms. The Hall–Kier alpha value is -1.82. The van der Waals surface area contributed by atoms with E-state index in [2.05, 4.69) is 15.9 Å². The second-order valence-electron chi connectivity index (χ2n) is 6.48. The highest BCUT2D eigenvalue weighted by molar-refractivity contribution is 6.31. The topological polar surface area (TPSA) is 48.3 Å². The van der Waals surface area contributed by atoms with Crippen molar-refractivity contribution in [1.82, 2.24) is 9.80 Å². The van der Waals surface area contributed by atoms with Gasteiger partial charge in [0.05, 0.1) is 12.2 Å². The third-order valence-electron chi connectivity index (χ3n) is 4.83. The van der Waals surface area contributed by atoms with Crippen molar-refractivity contribution in [3.63, 3.8) is 0 Å². The molecule has 0 atom stereocenters. The van der Waals surface area contributed by atoms with Crippen LogP contribution in [-0.2, 0) is 0 Å². The molecule has 1 aliphatic carbocycles. The number of allylic oxidation sites excluding steroid dienone is 3. The summed E-state index contributed by atoms with van der Waals surface area (Å²) in [6.07, 6.45) is 6.04. The van der Waals surface area contributed by atoms with E-state index in [0.717, 1.165) is 74.2 Å². The van der Waals surface area contributed by atoms with E-state index in [0.29, 0.717) is 5.02 Å². The molecule has 2 heterocycles. The SMILES string of the molecule is OCCN1CCN(C2=NC3=C(CCC=C3)Oc3ccc(Cl)cc32)CC1. The third-order valence-corrected chi connectivity index (χ3v) is 5.06. The van der Waals surface area contributed by atoms with Crippen LogP contribution in [0, 0.1) is 0 Å². The molecule has 1 aromatic carbocycles. The van der Waals surface area contributed by atoms with E-state index < -0.39 is 0 Å². The van der Waals surface area contributed by atoms with Crippen LogP contribution in [0.1, 0.15) is 18.4 Å². The number of aliphatic hydroxyl groups excluding tert-OH is 1. The van der Waals surface area contributed by atoms with Gasteiger partial charge < -0.3 is 14.7 Å². The van der Waals surface area contributed by atoms with Crippen molar-refractivity contribution >= 4 is 17.4 Å². The van der Waals surface area contributed by atoms with E-state index in [9.17, 15) is 0 Å². The number of aliphatic imine (C=N–C) groups is 1. The van der Waals surface area contributed by atoms with E-state index >= 15 is 0 Å². The average molecular weight is 360 g/mol. The quantitative estimate of drug-likeness (QED) is 0.882. The van der Waals surface area contributed by atoms with Gasteiger partial charge >= 0.3 is 0 Å². The standard InChI is InChI=1S/C19H22ClN3O2/c20-14-5-6-17-15(13-14)19(21-16-3-1-2-4-18(16)25-17)23-9-7-22(8-10-23)11-12-24/h1,3,5-6,13,24H,2,4,7-12H2. The molecule has 25 heavy (non-hydrogen) atoms. The van der Waals surface area contributed by atoms with Crippen molar-refractivity contribution in [3.8, 4) is 5.75 Å². The molecule has 0 unspecified atom stereocenters. The normalized spacial score (nSPS) is 20.6. The van der Waals surface area contributed by atoms with E-state index in [1.165, 1.54) is 0 Å². The molecule has 0 saturated carbocycles. The van der Waals surface area contributed by atoms with Crippen LogP contribution in [0.5, 0.6) is 5.75 Å². The van der Waals surface area contributed by atoms with E-state index in [-0.39, 0.29) is 6.61 Å². The van der Waals surface area contributed by atoms with Gasteiger partial charge in [0.25, 0.3) is 0 Å². The average Bonchev–Trinajstić information content (AvgIpc) is 2.79. The molecule has 2 aliphatic heterocycles. The van der Waals surface area contributed by atoms with Crippen LogP contribution in [0.2, 0.25) is 5.02 Å². The Labute approximate surface area is 152 Å². The van der Waals surface area contributed by atoms with Crippen LogP contribution in [0.3, 0.4) is 0 Å². The minimum Gasteiger partial charge on any atom is -0.459 e. The molecular formula is C19H22ClN3O2. The van der Waals surface area contributed by atoms with Gasteiger partial charge in [-0.05, 0) is 30.7 Å². The Balaban J connectivity index is 1.69. The van der Waals surface area contributed by atoms with Crippen LogP contribution in [-0.4, -0.2) is 60.1 Å². The summed E-state index contributed by atoms with van der Waals surface area (Å²) in [5, 5.41) is 9.82. The van der Waals surface area contributed by atoms with Gasteiger partial charge in [0.1, 0.15) is 23.0 Å². The Morgan fingerprint density at radius 1 is 1.20 bits per heavy atom. The first-order valence-electron chi connectivity index (χ1n) is 8.79. The number of rotatable bonds is 2. The molecule has 0 bridgehead atoms. The maximum absolute atomic E-state index is 9.14. The van der Waals surface area contributed by atoms with Crippen LogP contribution in [0.25, 0.3) is 0 Å². The number of benzene rings is 1. The second-order valence-corrected chi connectivity index (χ2v) is 6.92. The molecule has 1 fully saturated rings. The maximum Gasteiger partial charge on any atom is 0.140 e. The van der Waals surface area contributed by atoms with Crippen LogP contribution >= 0.6 is 11.6 Å². The van der Waals surface area contributed by atoms with Crippen molar-refractivity contribution in [2.75, 3.05) is 39.3 Å². The van der Waals surface area contributed by atoms with Gasteiger partial charge in [-0.2, -0.15) is 0 Å². The summed E-state index contributed by atoms with van der Waals surface area (Å²) < 4.78 is 6.18. The number of piperazine rings is 1. The first-order chi connectivity index (χ1) is 12.2. The number of hydrogen-bond donors (Lipinski definition) is 1. The molecule has 1 aromatic rings. The fraction of sp³-hybridized carbons (Fsp3) is 0.421. The summed E-state index contributed by atoms with van der Waals surface area (Å²) in [5.74, 6) is 2.68. The molecule has 5 nitrogen and oxygen atoms in total. The first-order valence-corrected chi connectivity index (χ1v) is 9.17. The van der Waals surface area contributed by atoms with E-state index in [1.807, 2.05) is 24.3 Å². The second kappa shape index (κ2) is 7.20. The molecule has 4 rings (SSSR count). The Bertz CT molecular complexity index is 749. The van der Waals surface area contributed by atoms with Gasteiger partial charge in [0.15, 0.2) is 0 Å². The van der Waals surface area contributed by atoms with Crippen molar-refractivity contribution in [1.29, 1.82) is 0 Å². The first kappa shape index (κ1) is 16.6. The van der Waals surface area contributed by atoms with Gasteiger partial charge in [-0.25, -0.2) is 4.99 Å². The number of hydrogen-bond acceptors (Lipinski definition) is 5. The molecule has 0 radical (unpaired) electrons. The predicted octanol–water partition coefficient (Wildman–Crippen LogP) is 2.65. The van der Waals surface area contributed by atoms with Gasteiger partial charge in [-0.15, -0.1) is 0 Å². The lowest BCUT2D eigenvalue weighted by molar-refractivity contribution is 0.147. The van der Waals surface area contributed by atoms with E-state index in [4.69, 9.17) is 26.4 Å². The summed E-state index contributed by atoms with van der Waals surface area (Å²) in [4.78, 5) is 9.53. The number of aliphatic hydroxyl groups is 1. The van der Waals surface area contributed by atoms with Gasteiger partial charge in [0.2, 0.25) is 0 Å². The molecule has 1 N–H and O–H groups in total. The monoisotopic (exact) mass is 359 g/mol. The zero-order valence-electron chi connectivity index (χ0n) is 14.1. The number of nitrogens with zero attached hydrogens (tertiary/aromatic N) is 3. The largest absolute Gasteiger partial charge is 0.459 e. The maximum atomic E-state index is 9.14. The van der Waals surface area contributed by atoms with Crippen molar-refractivity contribution in [3.05, 3.63) is 52.4 Å². The summed E-state index contributed by atoms with van der Waals surface area (Å²) in [5.41, 5.74) is 1.86. The molecule has 132 valence electrons. The minimum atomic E-state index is 0.203. The lowest BCUT2D eigenvalue weighted by Crippen LogP contribution is -2.49. The van der Waals surface area contributed by atoms with Crippen molar-refractivity contribution < 1.29 is 9.84 Å². The fourth-order valence-electron chi connectivity index (χ4n) is 3.47. The zero-order chi connectivity index (χ0) is 17.2. The van der Waals surface area contributed by atoms with Crippen molar-refractivity contribution in [2.45, 2.75) is 12.8 Å². The predicted molar refractivity (Wildman–Crippen MR) is 99.1 cm³/mol. The summed E-state index contributed by atoms with van der Waals surface area (Å²) >= 11 is 6.26. The highest BCUT2D eigenvalue weighted by atomic mass is 35.5. The Morgan fingerprint density at radius 2 is 2.04 bits per heavy atom. The van der Waals surface area contributed by atoms with Crippen LogP contribution < -0.4 is 4.74 Å². The lowest BCUT2D eigenvalue weighted by Gasteiger charge is -2.36. The summed E-state index contributed by atoms with van der Waals surface area (Å²) in [7, 11) is 0. The lowest BCUT2D eigenvalue weighted by atomic mass is 10.1. The number of β-amino-alcohol motifs (C(OH)–C–C–N with tert-alkyl or cyclic N) is 1. The van der Waals surface area contributed by atoms with Crippen molar-refractivity contribution in [2.24, 2.45) is 4.99 Å². The number of ether oxygens (including phenoxy) is 1. The number of fused-ring (bicyclic) bond motifs is 1. The van der Waals surface area contributed by atoms with Gasteiger partial charge in [0, 0.05) is 44.2 Å². The molecule has 0 amide bonds. The molecule has 0 aromatic heterocycles. The van der Waals surface area contributed by atoms with Gasteiger partial charge in [-0.3, -0.25) is 4.90 Å². The molecule has 1 saturated heterocycles. The van der Waals surface area contributed by atoms with Crippen LogP contribution in [0.4, 0.5) is 0 Å². The minimum absolute atomic E-state index is 0.203. The molecule has 6 heteroatoms. The highest BCUT2D eigenvalue weighted by Gasteiger charge is 2.27. The van der Waals surface area contributed by atoms with E-state index in [1.54, 1.807) is 0 Å². The third kappa shape index (κ3) is 3.45. The Morgan fingerprint density at radius 3 is 2.84 bits per heavy atom. The van der Waals surface area contributed by atoms with Crippen LogP contribution in [0.15, 0.2) is 46.8 Å². The number of amidine groups is 1. The zero-order valence-corrected chi connectivity index (χ0v) is 14.9. The highest BCUT2D eigenvalue weighted by Crippen LogP contribution is 2.33. The Kier molecular flexibility index (Phi) is 4.79. The smallest absolute Gasteiger partial charge is 0.140 e. The molecule has 3 aliphatic rings.